The molecule has 0 heterocycles. The molecule has 2 N–H and O–H groups in total. The highest BCUT2D eigenvalue weighted by Crippen LogP contribution is 1.80. The van der Waals surface area contributed by atoms with Gasteiger partial charge in [0.05, 0.1) is 13.5 Å². The normalized spacial score (nSPS) is 9.69. The third-order valence-electron chi connectivity index (χ3n) is 1.22. The van der Waals surface area contributed by atoms with Gasteiger partial charge in [-0.15, -0.1) is 0 Å². The van der Waals surface area contributed by atoms with Crippen molar-refractivity contribution in [2.45, 2.75) is 13.3 Å². The van der Waals surface area contributed by atoms with Crippen LogP contribution < -0.4 is 10.6 Å². The molecular formula is C8H14N2O3. The molecule has 0 spiro atoms. The average molecular weight is 186 g/mol. The fourth-order valence-electron chi connectivity index (χ4n) is 0.590. The molecule has 0 bridgehead atoms. The number of methoxy groups -OCH3 is 1. The van der Waals surface area contributed by atoms with Crippen LogP contribution in [-0.4, -0.2) is 25.7 Å². The van der Waals surface area contributed by atoms with E-state index in [0.29, 0.717) is 0 Å². The van der Waals surface area contributed by atoms with Gasteiger partial charge in [0.1, 0.15) is 0 Å². The standard InChI is InChI=1S/C8H14N2O3/c1-3-5-9-8(12)10-6-4-7(11)13-2/h3,5H,4,6H2,1-2H3,(H2,9,10,12)/b5-3+. The van der Waals surface area contributed by atoms with Crippen molar-refractivity contribution in [3.05, 3.63) is 12.3 Å². The molecule has 0 fully saturated rings. The summed E-state index contributed by atoms with van der Waals surface area (Å²) in [6.07, 6.45) is 3.38. The van der Waals surface area contributed by atoms with Gasteiger partial charge in [-0.25, -0.2) is 4.79 Å². The summed E-state index contributed by atoms with van der Waals surface area (Å²) in [4.78, 5) is 21.4. The van der Waals surface area contributed by atoms with E-state index in [4.69, 9.17) is 0 Å². The van der Waals surface area contributed by atoms with Crippen LogP contribution in [0.25, 0.3) is 0 Å². The van der Waals surface area contributed by atoms with Crippen molar-refractivity contribution in [2.75, 3.05) is 13.7 Å². The van der Waals surface area contributed by atoms with E-state index in [-0.39, 0.29) is 25.0 Å². The van der Waals surface area contributed by atoms with Crippen molar-refractivity contribution in [1.29, 1.82) is 0 Å². The molecule has 13 heavy (non-hydrogen) atoms. The highest BCUT2D eigenvalue weighted by molar-refractivity contribution is 5.76. The van der Waals surface area contributed by atoms with Crippen LogP contribution in [0.4, 0.5) is 4.79 Å². The number of ether oxygens (including phenoxy) is 1. The van der Waals surface area contributed by atoms with Crippen LogP contribution >= 0.6 is 0 Å². The van der Waals surface area contributed by atoms with E-state index >= 15 is 0 Å². The van der Waals surface area contributed by atoms with Crippen LogP contribution in [0, 0.1) is 0 Å². The van der Waals surface area contributed by atoms with E-state index in [1.807, 2.05) is 0 Å². The molecule has 0 unspecified atom stereocenters. The summed E-state index contributed by atoms with van der Waals surface area (Å²) in [7, 11) is 1.31. The number of nitrogens with one attached hydrogen (secondary N) is 2. The summed E-state index contributed by atoms with van der Waals surface area (Å²) >= 11 is 0. The lowest BCUT2D eigenvalue weighted by atomic mass is 10.4. The summed E-state index contributed by atoms with van der Waals surface area (Å²) in [5.74, 6) is -0.341. The Balaban J connectivity index is 3.42. The molecule has 0 aromatic heterocycles. The molecule has 0 aromatic carbocycles. The molecule has 2 amide bonds. The van der Waals surface area contributed by atoms with Crippen molar-refractivity contribution in [3.63, 3.8) is 0 Å². The minimum atomic E-state index is -0.341. The van der Waals surface area contributed by atoms with Crippen LogP contribution in [0.5, 0.6) is 0 Å². The summed E-state index contributed by atoms with van der Waals surface area (Å²) in [5, 5.41) is 4.92. The maximum absolute atomic E-state index is 10.8. The number of allylic oxidation sites excluding steroid dienone is 1. The molecule has 5 nitrogen and oxygen atoms in total. The quantitative estimate of drug-likeness (QED) is 0.624. The minimum absolute atomic E-state index is 0.180. The third-order valence-corrected chi connectivity index (χ3v) is 1.22. The van der Waals surface area contributed by atoms with Crippen molar-refractivity contribution in [1.82, 2.24) is 10.6 Å². The second-order valence-electron chi connectivity index (χ2n) is 2.23. The first-order valence-corrected chi connectivity index (χ1v) is 3.93. The molecule has 5 heteroatoms. The van der Waals surface area contributed by atoms with Gasteiger partial charge in [-0.05, 0) is 6.92 Å². The molecule has 0 aliphatic rings. The van der Waals surface area contributed by atoms with E-state index < -0.39 is 0 Å². The van der Waals surface area contributed by atoms with Crippen molar-refractivity contribution in [2.24, 2.45) is 0 Å². The maximum atomic E-state index is 10.8. The number of hydrogen-bond acceptors (Lipinski definition) is 3. The number of urea groups is 1. The van der Waals surface area contributed by atoms with Crippen LogP contribution in [0.15, 0.2) is 12.3 Å². The average Bonchev–Trinajstić information content (AvgIpc) is 2.14. The molecule has 0 atom stereocenters. The predicted octanol–water partition coefficient (Wildman–Crippen LogP) is 0.382. The number of carbonyl (C=O) groups excluding carboxylic acids is 2. The molecule has 0 radical (unpaired) electrons. The van der Waals surface area contributed by atoms with Gasteiger partial charge >= 0.3 is 12.0 Å². The summed E-state index contributed by atoms with van der Waals surface area (Å²) in [6, 6.07) is -0.331. The van der Waals surface area contributed by atoms with Crippen molar-refractivity contribution < 1.29 is 14.3 Å². The van der Waals surface area contributed by atoms with Gasteiger partial charge in [0.2, 0.25) is 0 Å². The van der Waals surface area contributed by atoms with Gasteiger partial charge in [0, 0.05) is 12.7 Å². The van der Waals surface area contributed by atoms with Gasteiger partial charge in [-0.2, -0.15) is 0 Å². The maximum Gasteiger partial charge on any atom is 0.318 e. The van der Waals surface area contributed by atoms with Crippen LogP contribution in [0.1, 0.15) is 13.3 Å². The van der Waals surface area contributed by atoms with Gasteiger partial charge in [0.25, 0.3) is 0 Å². The lowest BCUT2D eigenvalue weighted by molar-refractivity contribution is -0.140. The fraction of sp³-hybridized carbons (Fsp3) is 0.500. The molecular weight excluding hydrogens is 172 g/mol. The van der Waals surface area contributed by atoms with Gasteiger partial charge < -0.3 is 15.4 Å². The van der Waals surface area contributed by atoms with E-state index in [0.717, 1.165) is 0 Å². The topological polar surface area (TPSA) is 67.4 Å². The summed E-state index contributed by atoms with van der Waals surface area (Å²) in [5.41, 5.74) is 0. The molecule has 0 saturated heterocycles. The first-order chi connectivity index (χ1) is 6.20. The molecule has 74 valence electrons. The first kappa shape index (κ1) is 11.5. The van der Waals surface area contributed by atoms with E-state index in [1.165, 1.54) is 13.3 Å². The van der Waals surface area contributed by atoms with Gasteiger partial charge in [0.15, 0.2) is 0 Å². The van der Waals surface area contributed by atoms with Crippen LogP contribution in [-0.2, 0) is 9.53 Å². The highest BCUT2D eigenvalue weighted by atomic mass is 16.5. The Morgan fingerprint density at radius 3 is 2.69 bits per heavy atom. The highest BCUT2D eigenvalue weighted by Gasteiger charge is 2.00. The second kappa shape index (κ2) is 7.15. The zero-order valence-corrected chi connectivity index (χ0v) is 7.79. The van der Waals surface area contributed by atoms with Crippen molar-refractivity contribution >= 4 is 12.0 Å². The lowest BCUT2D eigenvalue weighted by Gasteiger charge is -2.02. The molecule has 0 aromatic rings. The Hall–Kier alpha value is -1.52. The lowest BCUT2D eigenvalue weighted by Crippen LogP contribution is -2.33. The largest absolute Gasteiger partial charge is 0.469 e. The van der Waals surface area contributed by atoms with E-state index in [2.05, 4.69) is 15.4 Å². The Kier molecular flexibility index (Phi) is 6.31. The fourth-order valence-corrected chi connectivity index (χ4v) is 0.590. The Labute approximate surface area is 77.1 Å². The number of hydrogen-bond donors (Lipinski definition) is 2. The molecule has 0 saturated carbocycles. The predicted molar refractivity (Wildman–Crippen MR) is 48.0 cm³/mol. The van der Waals surface area contributed by atoms with Gasteiger partial charge in [-0.3, -0.25) is 4.79 Å². The number of esters is 1. The Morgan fingerprint density at radius 2 is 2.15 bits per heavy atom. The van der Waals surface area contributed by atoms with Gasteiger partial charge in [-0.1, -0.05) is 6.08 Å². The summed E-state index contributed by atoms with van der Waals surface area (Å²) in [6.45, 7) is 2.06. The zero-order chi connectivity index (χ0) is 10.1. The minimum Gasteiger partial charge on any atom is -0.469 e. The number of rotatable bonds is 4. The molecule has 0 rings (SSSR count). The number of amides is 2. The molecule has 0 aliphatic carbocycles. The Bertz CT molecular complexity index is 202. The second-order valence-corrected chi connectivity index (χ2v) is 2.23. The van der Waals surface area contributed by atoms with E-state index in [9.17, 15) is 9.59 Å². The summed E-state index contributed by atoms with van der Waals surface area (Å²) < 4.78 is 4.39. The first-order valence-electron chi connectivity index (χ1n) is 3.93. The monoisotopic (exact) mass is 186 g/mol. The third kappa shape index (κ3) is 6.86. The molecule has 0 aliphatic heterocycles. The van der Waals surface area contributed by atoms with Crippen LogP contribution in [0.3, 0.4) is 0 Å². The number of carbonyl (C=O) groups is 2. The SMILES string of the molecule is C/C=C/NC(=O)NCCC(=O)OC. The van der Waals surface area contributed by atoms with Crippen molar-refractivity contribution in [3.8, 4) is 0 Å². The Morgan fingerprint density at radius 1 is 1.46 bits per heavy atom. The van der Waals surface area contributed by atoms with Crippen LogP contribution in [0.2, 0.25) is 0 Å². The van der Waals surface area contributed by atoms with E-state index in [1.54, 1.807) is 13.0 Å². The zero-order valence-electron chi connectivity index (χ0n) is 7.79. The smallest absolute Gasteiger partial charge is 0.318 e.